The normalized spacial score (nSPS) is 16.8. The van der Waals surface area contributed by atoms with Gasteiger partial charge in [-0.1, -0.05) is 17.7 Å². The van der Waals surface area contributed by atoms with Crippen LogP contribution in [-0.2, 0) is 16.6 Å². The van der Waals surface area contributed by atoms with Crippen molar-refractivity contribution in [2.45, 2.75) is 11.4 Å². The molecule has 3 heterocycles. The van der Waals surface area contributed by atoms with E-state index in [-0.39, 0.29) is 9.92 Å². The number of sulfonamides is 1. The van der Waals surface area contributed by atoms with E-state index in [1.165, 1.54) is 10.4 Å². The minimum Gasteiger partial charge on any atom is -0.307 e. The Morgan fingerprint density at radius 1 is 1.11 bits per heavy atom. The molecule has 0 aliphatic carbocycles. The first-order valence-corrected chi connectivity index (χ1v) is 10.4. The van der Waals surface area contributed by atoms with Gasteiger partial charge in [0.05, 0.1) is 10.7 Å². The topological polar surface area (TPSA) is 57.9 Å². The summed E-state index contributed by atoms with van der Waals surface area (Å²) in [6.07, 6.45) is 3.93. The van der Waals surface area contributed by atoms with Gasteiger partial charge in [0.25, 0.3) is 0 Å². The third-order valence-electron chi connectivity index (χ3n) is 4.64. The van der Waals surface area contributed by atoms with Crippen molar-refractivity contribution in [3.63, 3.8) is 0 Å². The Bertz CT molecular complexity index is 1040. The van der Waals surface area contributed by atoms with Gasteiger partial charge in [0, 0.05) is 45.1 Å². The van der Waals surface area contributed by atoms with Crippen LogP contribution >= 0.6 is 11.6 Å². The molecule has 0 saturated carbocycles. The van der Waals surface area contributed by atoms with Gasteiger partial charge in [-0.25, -0.2) is 17.8 Å². The van der Waals surface area contributed by atoms with Crippen LogP contribution in [0.4, 0.5) is 4.39 Å². The molecule has 0 bridgehead atoms. The van der Waals surface area contributed by atoms with Crippen LogP contribution in [-0.4, -0.2) is 53.2 Å². The van der Waals surface area contributed by atoms with E-state index < -0.39 is 15.8 Å². The molecular formula is C18H18ClFN4O2S. The number of pyridine rings is 1. The molecule has 27 heavy (non-hydrogen) atoms. The van der Waals surface area contributed by atoms with E-state index >= 15 is 0 Å². The molecule has 1 aromatic carbocycles. The quantitative estimate of drug-likeness (QED) is 0.666. The number of hydrogen-bond acceptors (Lipinski definition) is 4. The van der Waals surface area contributed by atoms with Gasteiger partial charge in [-0.2, -0.15) is 4.31 Å². The summed E-state index contributed by atoms with van der Waals surface area (Å²) in [5.41, 5.74) is 1.83. The minimum atomic E-state index is -3.74. The van der Waals surface area contributed by atoms with Crippen LogP contribution < -0.4 is 0 Å². The van der Waals surface area contributed by atoms with Crippen molar-refractivity contribution in [1.29, 1.82) is 0 Å². The number of imidazole rings is 1. The second-order valence-electron chi connectivity index (χ2n) is 6.45. The standard InChI is InChI=1S/C18H18ClFN4O2S/c19-16-11-14(20)4-5-17(16)27(25,26)24-9-7-22(8-10-24)12-15-13-23-6-2-1-3-18(23)21-15/h1-6,11,13H,7-10,12H2. The SMILES string of the molecule is O=S(=O)(c1ccc(F)cc1Cl)N1CCN(Cc2cn3ccccc3n2)CC1. The molecule has 142 valence electrons. The first kappa shape index (κ1) is 18.4. The Morgan fingerprint density at radius 2 is 1.89 bits per heavy atom. The van der Waals surface area contributed by atoms with Crippen LogP contribution in [0.3, 0.4) is 0 Å². The molecular weight excluding hydrogens is 391 g/mol. The zero-order valence-corrected chi connectivity index (χ0v) is 16.0. The fourth-order valence-electron chi connectivity index (χ4n) is 3.24. The van der Waals surface area contributed by atoms with Gasteiger partial charge in [-0.05, 0) is 30.3 Å². The highest BCUT2D eigenvalue weighted by Gasteiger charge is 2.30. The lowest BCUT2D eigenvalue weighted by Crippen LogP contribution is -2.48. The summed E-state index contributed by atoms with van der Waals surface area (Å²) in [5.74, 6) is -0.559. The van der Waals surface area contributed by atoms with Gasteiger partial charge in [-0.3, -0.25) is 4.90 Å². The van der Waals surface area contributed by atoms with E-state index in [1.807, 2.05) is 35.0 Å². The van der Waals surface area contributed by atoms with Crippen molar-refractivity contribution in [1.82, 2.24) is 18.6 Å². The molecule has 0 radical (unpaired) electrons. The molecule has 0 amide bonds. The van der Waals surface area contributed by atoms with E-state index in [4.69, 9.17) is 11.6 Å². The molecule has 0 spiro atoms. The van der Waals surface area contributed by atoms with Gasteiger partial charge in [0.1, 0.15) is 16.4 Å². The molecule has 1 saturated heterocycles. The number of halogens is 2. The van der Waals surface area contributed by atoms with Crippen LogP contribution in [0.5, 0.6) is 0 Å². The van der Waals surface area contributed by atoms with Gasteiger partial charge in [0.2, 0.25) is 10.0 Å². The van der Waals surface area contributed by atoms with E-state index in [0.717, 1.165) is 23.5 Å². The third-order valence-corrected chi connectivity index (χ3v) is 7.02. The Labute approximate surface area is 161 Å². The van der Waals surface area contributed by atoms with Crippen LogP contribution in [0.15, 0.2) is 53.7 Å². The van der Waals surface area contributed by atoms with Crippen molar-refractivity contribution in [3.8, 4) is 0 Å². The van der Waals surface area contributed by atoms with Crippen molar-refractivity contribution in [2.75, 3.05) is 26.2 Å². The summed E-state index contributed by atoms with van der Waals surface area (Å²) in [7, 11) is -3.74. The summed E-state index contributed by atoms with van der Waals surface area (Å²) in [4.78, 5) is 6.69. The first-order valence-electron chi connectivity index (χ1n) is 8.54. The molecule has 1 aliphatic rings. The number of nitrogens with zero attached hydrogens (tertiary/aromatic N) is 4. The molecule has 1 fully saturated rings. The number of piperazine rings is 1. The number of aromatic nitrogens is 2. The average Bonchev–Trinajstić information content (AvgIpc) is 3.04. The van der Waals surface area contributed by atoms with Crippen molar-refractivity contribution in [2.24, 2.45) is 0 Å². The predicted octanol–water partition coefficient (Wildman–Crippen LogP) is 2.63. The number of fused-ring (bicyclic) bond motifs is 1. The zero-order valence-electron chi connectivity index (χ0n) is 14.4. The molecule has 0 unspecified atom stereocenters. The van der Waals surface area contributed by atoms with Crippen LogP contribution in [0.2, 0.25) is 5.02 Å². The Kier molecular flexibility index (Phi) is 4.90. The second kappa shape index (κ2) is 7.20. The molecule has 2 aromatic heterocycles. The summed E-state index contributed by atoms with van der Waals surface area (Å²) in [5, 5.41) is -0.0953. The smallest absolute Gasteiger partial charge is 0.244 e. The van der Waals surface area contributed by atoms with E-state index in [1.54, 1.807) is 0 Å². The Balaban J connectivity index is 1.43. The van der Waals surface area contributed by atoms with Gasteiger partial charge >= 0.3 is 0 Å². The van der Waals surface area contributed by atoms with Gasteiger partial charge < -0.3 is 4.40 Å². The molecule has 6 nitrogen and oxygen atoms in total. The Morgan fingerprint density at radius 3 is 2.59 bits per heavy atom. The highest BCUT2D eigenvalue weighted by Crippen LogP contribution is 2.26. The number of hydrogen-bond donors (Lipinski definition) is 0. The van der Waals surface area contributed by atoms with Crippen LogP contribution in [0.1, 0.15) is 5.69 Å². The molecule has 0 N–H and O–H groups in total. The van der Waals surface area contributed by atoms with Crippen LogP contribution in [0, 0.1) is 5.82 Å². The summed E-state index contributed by atoms with van der Waals surface area (Å²) in [6.45, 7) is 2.54. The summed E-state index contributed by atoms with van der Waals surface area (Å²) >= 11 is 5.94. The fourth-order valence-corrected chi connectivity index (χ4v) is 5.17. The monoisotopic (exact) mass is 408 g/mol. The molecule has 3 aromatic rings. The number of rotatable bonds is 4. The predicted molar refractivity (Wildman–Crippen MR) is 101 cm³/mol. The van der Waals surface area contributed by atoms with Gasteiger partial charge in [0.15, 0.2) is 0 Å². The zero-order chi connectivity index (χ0) is 19.0. The maximum atomic E-state index is 13.2. The molecule has 1 aliphatic heterocycles. The lowest BCUT2D eigenvalue weighted by molar-refractivity contribution is 0.180. The lowest BCUT2D eigenvalue weighted by atomic mass is 10.3. The lowest BCUT2D eigenvalue weighted by Gasteiger charge is -2.33. The highest BCUT2D eigenvalue weighted by molar-refractivity contribution is 7.89. The highest BCUT2D eigenvalue weighted by atomic mass is 35.5. The Hall–Kier alpha value is -2.00. The maximum absolute atomic E-state index is 13.2. The van der Waals surface area contributed by atoms with E-state index in [0.29, 0.717) is 32.7 Å². The van der Waals surface area contributed by atoms with E-state index in [2.05, 4.69) is 9.88 Å². The maximum Gasteiger partial charge on any atom is 0.244 e. The van der Waals surface area contributed by atoms with Crippen LogP contribution in [0.25, 0.3) is 5.65 Å². The molecule has 4 rings (SSSR count). The van der Waals surface area contributed by atoms with Crippen molar-refractivity contribution >= 4 is 27.3 Å². The first-order chi connectivity index (χ1) is 12.9. The number of benzene rings is 1. The minimum absolute atomic E-state index is 0.0561. The average molecular weight is 409 g/mol. The third kappa shape index (κ3) is 3.70. The molecule has 0 atom stereocenters. The molecule has 9 heteroatoms. The summed E-state index contributed by atoms with van der Waals surface area (Å²) < 4.78 is 42.1. The second-order valence-corrected chi connectivity index (χ2v) is 8.77. The fraction of sp³-hybridized carbons (Fsp3) is 0.278. The van der Waals surface area contributed by atoms with E-state index in [9.17, 15) is 12.8 Å². The van der Waals surface area contributed by atoms with Gasteiger partial charge in [-0.15, -0.1) is 0 Å². The van der Waals surface area contributed by atoms with Crippen molar-refractivity contribution in [3.05, 3.63) is 65.3 Å². The van der Waals surface area contributed by atoms with Crippen molar-refractivity contribution < 1.29 is 12.8 Å². The summed E-state index contributed by atoms with van der Waals surface area (Å²) in [6, 6.07) is 9.18. The largest absolute Gasteiger partial charge is 0.307 e.